The Morgan fingerprint density at radius 3 is 2.00 bits per heavy atom. The van der Waals surface area contributed by atoms with Crippen molar-refractivity contribution in [3.63, 3.8) is 0 Å². The summed E-state index contributed by atoms with van der Waals surface area (Å²) >= 11 is 0. The van der Waals surface area contributed by atoms with E-state index in [9.17, 15) is 4.79 Å². The third-order valence-corrected chi connectivity index (χ3v) is 2.09. The highest BCUT2D eigenvalue weighted by Gasteiger charge is 2.05. The Hall–Kier alpha value is -2.49. The lowest BCUT2D eigenvalue weighted by Crippen LogP contribution is -2.14. The number of carbonyl (C=O) groups is 1. The Labute approximate surface area is 105 Å². The summed E-state index contributed by atoms with van der Waals surface area (Å²) in [4.78, 5) is 11.3. The van der Waals surface area contributed by atoms with Gasteiger partial charge in [0.2, 0.25) is 6.79 Å². The van der Waals surface area contributed by atoms with E-state index in [1.165, 1.54) is 0 Å². The van der Waals surface area contributed by atoms with E-state index in [4.69, 9.17) is 14.2 Å². The fourth-order valence-corrected chi connectivity index (χ4v) is 1.28. The third kappa shape index (κ3) is 3.83. The molecule has 0 bridgehead atoms. The Morgan fingerprint density at radius 2 is 1.39 bits per heavy atom. The Balaban J connectivity index is 1.73. The van der Waals surface area contributed by atoms with Crippen LogP contribution in [0.15, 0.2) is 60.7 Å². The molecule has 0 radical (unpaired) electrons. The molecule has 0 aliphatic carbocycles. The molecule has 0 heterocycles. The highest BCUT2D eigenvalue weighted by Crippen LogP contribution is 2.10. The van der Waals surface area contributed by atoms with E-state index in [0.717, 1.165) is 0 Å². The smallest absolute Gasteiger partial charge is 0.457 e. The zero-order valence-electron chi connectivity index (χ0n) is 9.61. The first-order valence-electron chi connectivity index (χ1n) is 5.42. The number of hydrogen-bond donors (Lipinski definition) is 0. The molecule has 0 aliphatic heterocycles. The summed E-state index contributed by atoms with van der Waals surface area (Å²) in [5.41, 5.74) is 0. The lowest BCUT2D eigenvalue weighted by atomic mass is 10.3. The van der Waals surface area contributed by atoms with E-state index >= 15 is 0 Å². The van der Waals surface area contributed by atoms with Crippen LogP contribution in [-0.4, -0.2) is 12.9 Å². The Bertz CT molecular complexity index is 482. The summed E-state index contributed by atoms with van der Waals surface area (Å²) < 4.78 is 14.9. The molecule has 2 aromatic carbocycles. The first-order valence-corrected chi connectivity index (χ1v) is 5.42. The van der Waals surface area contributed by atoms with Gasteiger partial charge in [-0.05, 0) is 24.3 Å². The van der Waals surface area contributed by atoms with Crippen LogP contribution < -0.4 is 9.47 Å². The second-order valence-corrected chi connectivity index (χ2v) is 3.38. The fraction of sp³-hybridized carbons (Fsp3) is 0.0714. The van der Waals surface area contributed by atoms with E-state index in [2.05, 4.69) is 0 Å². The monoisotopic (exact) mass is 244 g/mol. The van der Waals surface area contributed by atoms with Crippen molar-refractivity contribution in [3.8, 4) is 11.5 Å². The van der Waals surface area contributed by atoms with E-state index in [-0.39, 0.29) is 6.79 Å². The molecule has 4 nitrogen and oxygen atoms in total. The molecular weight excluding hydrogens is 232 g/mol. The van der Waals surface area contributed by atoms with Crippen molar-refractivity contribution in [1.29, 1.82) is 0 Å². The highest BCUT2D eigenvalue weighted by atomic mass is 16.8. The second kappa shape index (κ2) is 6.30. The molecule has 0 N–H and O–H groups in total. The van der Waals surface area contributed by atoms with Gasteiger partial charge in [-0.1, -0.05) is 36.4 Å². The normalized spacial score (nSPS) is 9.56. The van der Waals surface area contributed by atoms with Crippen molar-refractivity contribution in [1.82, 2.24) is 0 Å². The molecule has 92 valence electrons. The molecule has 0 saturated carbocycles. The van der Waals surface area contributed by atoms with E-state index < -0.39 is 6.16 Å². The maximum absolute atomic E-state index is 11.3. The van der Waals surface area contributed by atoms with Crippen molar-refractivity contribution >= 4 is 6.16 Å². The summed E-state index contributed by atoms with van der Waals surface area (Å²) in [6.45, 7) is -0.185. The molecule has 2 aromatic rings. The number of benzene rings is 2. The van der Waals surface area contributed by atoms with Gasteiger partial charge in [-0.15, -0.1) is 0 Å². The average Bonchev–Trinajstić information content (AvgIpc) is 2.41. The van der Waals surface area contributed by atoms with Crippen LogP contribution in [0.1, 0.15) is 0 Å². The van der Waals surface area contributed by atoms with Gasteiger partial charge in [0.15, 0.2) is 0 Å². The highest BCUT2D eigenvalue weighted by molar-refractivity contribution is 5.63. The standard InChI is InChI=1S/C14H12O4/c15-14(18-13-9-5-2-6-10-13)17-11-16-12-7-3-1-4-8-12/h1-10H,11H2. The molecule has 18 heavy (non-hydrogen) atoms. The Morgan fingerprint density at radius 1 is 0.833 bits per heavy atom. The zero-order valence-corrected chi connectivity index (χ0v) is 9.61. The minimum absolute atomic E-state index is 0.185. The average molecular weight is 244 g/mol. The topological polar surface area (TPSA) is 44.8 Å². The van der Waals surface area contributed by atoms with Gasteiger partial charge in [0.25, 0.3) is 0 Å². The molecular formula is C14H12O4. The second-order valence-electron chi connectivity index (χ2n) is 3.38. The van der Waals surface area contributed by atoms with Crippen LogP contribution in [-0.2, 0) is 4.74 Å². The van der Waals surface area contributed by atoms with E-state index in [1.807, 2.05) is 24.3 Å². The summed E-state index contributed by atoms with van der Waals surface area (Å²) in [5.74, 6) is 1.06. The molecule has 4 heteroatoms. The van der Waals surface area contributed by atoms with Crippen molar-refractivity contribution in [2.24, 2.45) is 0 Å². The van der Waals surface area contributed by atoms with Crippen molar-refractivity contribution in [3.05, 3.63) is 60.7 Å². The first kappa shape index (κ1) is 12.0. The fourth-order valence-electron chi connectivity index (χ4n) is 1.28. The summed E-state index contributed by atoms with van der Waals surface area (Å²) in [6.07, 6.45) is -0.794. The SMILES string of the molecule is O=C(OCOc1ccccc1)Oc1ccccc1. The van der Waals surface area contributed by atoms with Crippen LogP contribution in [0.5, 0.6) is 11.5 Å². The lowest BCUT2D eigenvalue weighted by molar-refractivity contribution is 0.0311. The molecule has 0 aliphatic rings. The minimum atomic E-state index is -0.794. The van der Waals surface area contributed by atoms with Crippen molar-refractivity contribution < 1.29 is 19.0 Å². The lowest BCUT2D eigenvalue weighted by Gasteiger charge is -2.07. The molecule has 0 unspecified atom stereocenters. The van der Waals surface area contributed by atoms with E-state index in [0.29, 0.717) is 11.5 Å². The quantitative estimate of drug-likeness (QED) is 0.470. The predicted molar refractivity (Wildman–Crippen MR) is 65.5 cm³/mol. The van der Waals surface area contributed by atoms with Gasteiger partial charge in [0, 0.05) is 0 Å². The first-order chi connectivity index (χ1) is 8.84. The molecule has 0 spiro atoms. The van der Waals surface area contributed by atoms with Crippen LogP contribution in [0.4, 0.5) is 4.79 Å². The largest absolute Gasteiger partial charge is 0.516 e. The molecule has 0 fully saturated rings. The molecule has 0 atom stereocenters. The van der Waals surface area contributed by atoms with Crippen LogP contribution in [0.2, 0.25) is 0 Å². The van der Waals surface area contributed by atoms with Gasteiger partial charge in [-0.3, -0.25) is 0 Å². The van der Waals surface area contributed by atoms with Crippen molar-refractivity contribution in [2.75, 3.05) is 6.79 Å². The van der Waals surface area contributed by atoms with Gasteiger partial charge >= 0.3 is 6.16 Å². The van der Waals surface area contributed by atoms with Gasteiger partial charge in [0.05, 0.1) is 0 Å². The number of hydrogen-bond acceptors (Lipinski definition) is 4. The molecule has 0 amide bonds. The maximum atomic E-state index is 11.3. The summed E-state index contributed by atoms with van der Waals surface area (Å²) in [6, 6.07) is 17.8. The van der Waals surface area contributed by atoms with E-state index in [1.54, 1.807) is 36.4 Å². The maximum Gasteiger partial charge on any atom is 0.516 e. The Kier molecular flexibility index (Phi) is 4.19. The summed E-state index contributed by atoms with van der Waals surface area (Å²) in [7, 11) is 0. The van der Waals surface area contributed by atoms with Gasteiger partial charge < -0.3 is 14.2 Å². The van der Waals surface area contributed by atoms with Crippen molar-refractivity contribution in [2.45, 2.75) is 0 Å². The van der Waals surface area contributed by atoms with Crippen LogP contribution in [0.25, 0.3) is 0 Å². The number of para-hydroxylation sites is 2. The number of ether oxygens (including phenoxy) is 3. The van der Waals surface area contributed by atoms with Crippen LogP contribution in [0, 0.1) is 0 Å². The molecule has 0 aromatic heterocycles. The van der Waals surface area contributed by atoms with Gasteiger partial charge in [-0.25, -0.2) is 4.79 Å². The zero-order chi connectivity index (χ0) is 12.6. The van der Waals surface area contributed by atoms with Gasteiger partial charge in [0.1, 0.15) is 11.5 Å². The summed E-state index contributed by atoms with van der Waals surface area (Å²) in [5, 5.41) is 0. The molecule has 0 saturated heterocycles. The number of carbonyl (C=O) groups excluding carboxylic acids is 1. The van der Waals surface area contributed by atoms with Gasteiger partial charge in [-0.2, -0.15) is 0 Å². The van der Waals surface area contributed by atoms with Crippen LogP contribution in [0.3, 0.4) is 0 Å². The third-order valence-electron chi connectivity index (χ3n) is 2.09. The number of rotatable bonds is 4. The van der Waals surface area contributed by atoms with Crippen LogP contribution >= 0.6 is 0 Å². The molecule has 2 rings (SSSR count). The minimum Gasteiger partial charge on any atom is -0.457 e. The predicted octanol–water partition coefficient (Wildman–Crippen LogP) is 3.24.